The molecule has 0 fully saturated rings. The van der Waals surface area contributed by atoms with Gasteiger partial charge < -0.3 is 16.4 Å². The minimum Gasteiger partial charge on any atom is -0.350 e. The monoisotopic (exact) mass is 213 g/mol. The highest BCUT2D eigenvalue weighted by Gasteiger charge is 2.25. The SMILES string of the molecule is CCC(N)OP(=O)(O)ONC(N)=O. The molecule has 0 radical (unpaired) electrons. The van der Waals surface area contributed by atoms with Crippen molar-refractivity contribution in [1.82, 2.24) is 5.48 Å². The molecule has 0 saturated heterocycles. The van der Waals surface area contributed by atoms with Crippen LogP contribution in [0.1, 0.15) is 13.3 Å². The Balaban J connectivity index is 3.93. The fraction of sp³-hybridized carbons (Fsp3) is 0.750. The van der Waals surface area contributed by atoms with E-state index in [2.05, 4.69) is 14.9 Å². The Morgan fingerprint density at radius 1 is 1.77 bits per heavy atom. The summed E-state index contributed by atoms with van der Waals surface area (Å²) in [5, 5.41) is 0. The molecule has 0 aromatic heterocycles. The van der Waals surface area contributed by atoms with E-state index in [1.165, 1.54) is 5.48 Å². The summed E-state index contributed by atoms with van der Waals surface area (Å²) >= 11 is 0. The van der Waals surface area contributed by atoms with Crippen LogP contribution in [0.3, 0.4) is 0 Å². The number of rotatable bonds is 5. The molecule has 0 aromatic carbocycles. The quantitative estimate of drug-likeness (QED) is 0.273. The number of hydroxylamine groups is 1. The molecule has 8 nitrogen and oxygen atoms in total. The first-order valence-corrected chi connectivity index (χ1v) is 4.87. The maximum atomic E-state index is 10.8. The first kappa shape index (κ1) is 12.3. The van der Waals surface area contributed by atoms with E-state index in [-0.39, 0.29) is 0 Å². The number of carbonyl (C=O) groups is 1. The summed E-state index contributed by atoms with van der Waals surface area (Å²) in [4.78, 5) is 18.9. The van der Waals surface area contributed by atoms with Crippen molar-refractivity contribution in [3.63, 3.8) is 0 Å². The van der Waals surface area contributed by atoms with E-state index in [1.807, 2.05) is 0 Å². The van der Waals surface area contributed by atoms with Gasteiger partial charge in [-0.3, -0.25) is 4.52 Å². The number of phosphoric ester groups is 1. The number of urea groups is 1. The molecule has 2 unspecified atom stereocenters. The van der Waals surface area contributed by atoms with Gasteiger partial charge in [-0.1, -0.05) is 6.92 Å². The molecular formula is C4H12N3O5P. The third-order valence-electron chi connectivity index (χ3n) is 0.933. The standard InChI is InChI=1S/C4H12N3O5P/c1-2-3(5)11-13(9,10)12-7-4(6)8/h3H,2,5H2,1H3,(H,9,10)(H3,6,7,8). The topological polar surface area (TPSA) is 137 Å². The molecular weight excluding hydrogens is 201 g/mol. The predicted octanol–water partition coefficient (Wildman–Crippen LogP) is -0.602. The summed E-state index contributed by atoms with van der Waals surface area (Å²) in [6.45, 7) is 1.65. The Bertz CT molecular complexity index is 222. The van der Waals surface area contributed by atoms with Gasteiger partial charge in [0, 0.05) is 0 Å². The number of hydrogen-bond donors (Lipinski definition) is 4. The van der Waals surface area contributed by atoms with E-state index in [1.54, 1.807) is 6.92 Å². The van der Waals surface area contributed by atoms with Crippen LogP contribution >= 0.6 is 7.82 Å². The third-order valence-corrected chi connectivity index (χ3v) is 1.79. The summed E-state index contributed by atoms with van der Waals surface area (Å²) in [5.74, 6) is 0. The molecule has 0 aliphatic rings. The highest BCUT2D eigenvalue weighted by atomic mass is 31.2. The molecule has 0 bridgehead atoms. The molecule has 0 saturated carbocycles. The maximum absolute atomic E-state index is 10.8. The van der Waals surface area contributed by atoms with Crippen LogP contribution in [0, 0.1) is 0 Å². The van der Waals surface area contributed by atoms with Crippen molar-refractivity contribution in [2.45, 2.75) is 19.6 Å². The van der Waals surface area contributed by atoms with Crippen molar-refractivity contribution in [3.05, 3.63) is 0 Å². The van der Waals surface area contributed by atoms with Crippen molar-refractivity contribution in [1.29, 1.82) is 0 Å². The molecule has 78 valence electrons. The summed E-state index contributed by atoms with van der Waals surface area (Å²) < 4.78 is 19.1. The smallest absolute Gasteiger partial charge is 0.350 e. The Hall–Kier alpha value is -0.660. The van der Waals surface area contributed by atoms with E-state index in [0.717, 1.165) is 0 Å². The molecule has 0 spiro atoms. The van der Waals surface area contributed by atoms with Gasteiger partial charge in [-0.25, -0.2) is 14.8 Å². The Kier molecular flexibility index (Phi) is 4.89. The molecule has 0 aliphatic heterocycles. The molecule has 13 heavy (non-hydrogen) atoms. The van der Waals surface area contributed by atoms with E-state index in [4.69, 9.17) is 10.6 Å². The summed E-state index contributed by atoms with van der Waals surface area (Å²) in [6, 6.07) is -1.11. The lowest BCUT2D eigenvalue weighted by Gasteiger charge is -2.14. The van der Waals surface area contributed by atoms with E-state index >= 15 is 0 Å². The van der Waals surface area contributed by atoms with Crippen LogP contribution < -0.4 is 16.9 Å². The van der Waals surface area contributed by atoms with Crippen molar-refractivity contribution in [2.24, 2.45) is 11.5 Å². The minimum atomic E-state index is -4.36. The van der Waals surface area contributed by atoms with Gasteiger partial charge in [0.25, 0.3) is 0 Å². The van der Waals surface area contributed by atoms with E-state index in [0.29, 0.717) is 6.42 Å². The fourth-order valence-corrected chi connectivity index (χ4v) is 1.11. The normalized spacial score (nSPS) is 17.5. The predicted molar refractivity (Wildman–Crippen MR) is 43.0 cm³/mol. The third kappa shape index (κ3) is 6.50. The zero-order chi connectivity index (χ0) is 10.5. The van der Waals surface area contributed by atoms with Gasteiger partial charge in [0.1, 0.15) is 6.23 Å². The minimum absolute atomic E-state index is 0.324. The van der Waals surface area contributed by atoms with Crippen molar-refractivity contribution < 1.29 is 23.4 Å². The van der Waals surface area contributed by atoms with Gasteiger partial charge in [-0.2, -0.15) is 4.62 Å². The molecule has 2 atom stereocenters. The van der Waals surface area contributed by atoms with Crippen LogP contribution in [-0.2, 0) is 13.7 Å². The number of nitrogens with two attached hydrogens (primary N) is 2. The Morgan fingerprint density at radius 3 is 2.69 bits per heavy atom. The second kappa shape index (κ2) is 5.15. The second-order valence-corrected chi connectivity index (χ2v) is 3.41. The molecule has 0 rings (SSSR count). The van der Waals surface area contributed by atoms with Gasteiger partial charge in [0.2, 0.25) is 0 Å². The van der Waals surface area contributed by atoms with Gasteiger partial charge in [0.05, 0.1) is 0 Å². The average Bonchev–Trinajstić information content (AvgIpc) is 2.00. The molecule has 0 heterocycles. The van der Waals surface area contributed by atoms with E-state index in [9.17, 15) is 9.36 Å². The largest absolute Gasteiger partial charge is 0.495 e. The van der Waals surface area contributed by atoms with Gasteiger partial charge in [0.15, 0.2) is 0 Å². The van der Waals surface area contributed by atoms with Crippen LogP contribution in [0.25, 0.3) is 0 Å². The van der Waals surface area contributed by atoms with Crippen LogP contribution in [0.4, 0.5) is 4.79 Å². The number of primary amides is 1. The molecule has 0 aliphatic carbocycles. The first-order valence-electron chi connectivity index (χ1n) is 3.38. The summed E-state index contributed by atoms with van der Waals surface area (Å²) in [7, 11) is -4.36. The number of carbonyl (C=O) groups excluding carboxylic acids is 1. The first-order chi connectivity index (χ1) is 5.87. The van der Waals surface area contributed by atoms with Gasteiger partial charge in [-0.15, -0.1) is 0 Å². The summed E-state index contributed by atoms with van der Waals surface area (Å²) in [5.41, 5.74) is 11.2. The zero-order valence-electron chi connectivity index (χ0n) is 6.97. The van der Waals surface area contributed by atoms with Crippen LogP contribution in [0.15, 0.2) is 0 Å². The number of phosphoric acid groups is 1. The van der Waals surface area contributed by atoms with Crippen LogP contribution in [-0.4, -0.2) is 17.2 Å². The van der Waals surface area contributed by atoms with Gasteiger partial charge in [-0.05, 0) is 6.42 Å². The number of nitrogens with one attached hydrogen (secondary N) is 1. The highest BCUT2D eigenvalue weighted by molar-refractivity contribution is 7.47. The molecule has 2 amide bonds. The highest BCUT2D eigenvalue weighted by Crippen LogP contribution is 2.42. The number of amides is 2. The van der Waals surface area contributed by atoms with Crippen molar-refractivity contribution in [3.8, 4) is 0 Å². The van der Waals surface area contributed by atoms with Crippen molar-refractivity contribution >= 4 is 13.9 Å². The molecule has 9 heteroatoms. The van der Waals surface area contributed by atoms with Gasteiger partial charge >= 0.3 is 13.9 Å². The Morgan fingerprint density at radius 2 is 2.31 bits per heavy atom. The molecule has 6 N–H and O–H groups in total. The average molecular weight is 213 g/mol. The maximum Gasteiger partial charge on any atom is 0.495 e. The lowest BCUT2D eigenvalue weighted by atomic mass is 10.5. The van der Waals surface area contributed by atoms with E-state index < -0.39 is 20.1 Å². The number of hydrogen-bond acceptors (Lipinski definition) is 5. The second-order valence-electron chi connectivity index (χ2n) is 2.08. The van der Waals surface area contributed by atoms with Crippen LogP contribution in [0.5, 0.6) is 0 Å². The lowest BCUT2D eigenvalue weighted by molar-refractivity contribution is 0.0785. The molecule has 0 aromatic rings. The van der Waals surface area contributed by atoms with Crippen molar-refractivity contribution in [2.75, 3.05) is 0 Å². The fourth-order valence-electron chi connectivity index (χ4n) is 0.370. The zero-order valence-corrected chi connectivity index (χ0v) is 7.86. The summed E-state index contributed by atoms with van der Waals surface area (Å²) in [6.07, 6.45) is -0.615. The Labute approximate surface area is 74.8 Å². The van der Waals surface area contributed by atoms with Crippen LogP contribution in [0.2, 0.25) is 0 Å². The lowest BCUT2D eigenvalue weighted by Crippen LogP contribution is -2.30.